The fourth-order valence-corrected chi connectivity index (χ4v) is 2.11. The maximum Gasteiger partial charge on any atom is 0.264 e. The predicted octanol–water partition coefficient (Wildman–Crippen LogP) is 0.255. The third-order valence-corrected chi connectivity index (χ3v) is 2.90. The lowest BCUT2D eigenvalue weighted by Gasteiger charge is -2.22. The summed E-state index contributed by atoms with van der Waals surface area (Å²) in [7, 11) is 1.90. The third kappa shape index (κ3) is 2.07. The Labute approximate surface area is 83.3 Å². The number of nitrogens with zero attached hydrogens (tertiary/aromatic N) is 1. The summed E-state index contributed by atoms with van der Waals surface area (Å²) >= 11 is 0. The zero-order chi connectivity index (χ0) is 9.97. The van der Waals surface area contributed by atoms with Crippen LogP contribution in [0.3, 0.4) is 0 Å². The van der Waals surface area contributed by atoms with Crippen LogP contribution in [0, 0.1) is 5.92 Å². The van der Waals surface area contributed by atoms with Crippen LogP contribution in [-0.4, -0.2) is 22.9 Å². The number of hydrogen-bond acceptors (Lipinski definition) is 2. The molecular weight excluding hydrogens is 178 g/mol. The molecule has 0 aromatic carbocycles. The van der Waals surface area contributed by atoms with Gasteiger partial charge in [0.25, 0.3) is 5.56 Å². The minimum atomic E-state index is 0.00580. The van der Waals surface area contributed by atoms with Gasteiger partial charge in [0.05, 0.1) is 0 Å². The highest BCUT2D eigenvalue weighted by Gasteiger charge is 2.15. The maximum absolute atomic E-state index is 11.1. The monoisotopic (exact) mass is 195 g/mol. The molecule has 4 nitrogen and oxygen atoms in total. The van der Waals surface area contributed by atoms with E-state index in [1.165, 1.54) is 12.8 Å². The van der Waals surface area contributed by atoms with Gasteiger partial charge in [0, 0.05) is 18.8 Å². The lowest BCUT2D eigenvalue weighted by Crippen LogP contribution is -2.31. The van der Waals surface area contributed by atoms with Crippen LogP contribution in [0.4, 0.5) is 0 Å². The molecule has 1 aliphatic heterocycles. The first-order valence-corrected chi connectivity index (χ1v) is 5.21. The lowest BCUT2D eigenvalue weighted by atomic mass is 9.95. The third-order valence-electron chi connectivity index (χ3n) is 2.90. The number of aromatic amines is 1. The highest BCUT2D eigenvalue weighted by molar-refractivity contribution is 5.02. The van der Waals surface area contributed by atoms with E-state index in [9.17, 15) is 4.79 Å². The standard InChI is InChI=1S/C10H17N3O/c1-13-9(6-10(14)12-13)5-8-3-2-4-11-7-8/h6,8,11H,2-5,7H2,1H3,(H,12,14). The molecule has 0 bridgehead atoms. The van der Waals surface area contributed by atoms with E-state index in [1.54, 1.807) is 6.07 Å². The first-order chi connectivity index (χ1) is 6.75. The molecule has 1 saturated heterocycles. The molecule has 1 fully saturated rings. The Kier molecular flexibility index (Phi) is 2.72. The van der Waals surface area contributed by atoms with Gasteiger partial charge in [-0.2, -0.15) is 0 Å². The number of nitrogens with one attached hydrogen (secondary N) is 2. The van der Waals surface area contributed by atoms with E-state index in [-0.39, 0.29) is 5.56 Å². The maximum atomic E-state index is 11.1. The van der Waals surface area contributed by atoms with Crippen LogP contribution in [0.1, 0.15) is 18.5 Å². The fourth-order valence-electron chi connectivity index (χ4n) is 2.11. The van der Waals surface area contributed by atoms with Crippen molar-refractivity contribution in [1.82, 2.24) is 15.1 Å². The van der Waals surface area contributed by atoms with Gasteiger partial charge in [0.15, 0.2) is 0 Å². The molecule has 0 spiro atoms. The van der Waals surface area contributed by atoms with Crippen molar-refractivity contribution in [1.29, 1.82) is 0 Å². The highest BCUT2D eigenvalue weighted by Crippen LogP contribution is 2.14. The summed E-state index contributed by atoms with van der Waals surface area (Å²) in [5.41, 5.74) is 1.12. The van der Waals surface area contributed by atoms with Crippen LogP contribution in [0.2, 0.25) is 0 Å². The van der Waals surface area contributed by atoms with Crippen molar-refractivity contribution in [3.8, 4) is 0 Å². The summed E-state index contributed by atoms with van der Waals surface area (Å²) in [6.07, 6.45) is 3.53. The van der Waals surface area contributed by atoms with Crippen LogP contribution >= 0.6 is 0 Å². The Morgan fingerprint density at radius 2 is 2.50 bits per heavy atom. The summed E-state index contributed by atoms with van der Waals surface area (Å²) in [4.78, 5) is 11.1. The van der Waals surface area contributed by atoms with Crippen molar-refractivity contribution in [3.63, 3.8) is 0 Å². The van der Waals surface area contributed by atoms with Gasteiger partial charge in [-0.25, -0.2) is 0 Å². The fraction of sp³-hybridized carbons (Fsp3) is 0.700. The summed E-state index contributed by atoms with van der Waals surface area (Å²) in [6, 6.07) is 1.70. The van der Waals surface area contributed by atoms with Gasteiger partial charge >= 0.3 is 0 Å². The molecule has 14 heavy (non-hydrogen) atoms. The van der Waals surface area contributed by atoms with Crippen LogP contribution in [0.5, 0.6) is 0 Å². The van der Waals surface area contributed by atoms with Crippen molar-refractivity contribution in [2.75, 3.05) is 13.1 Å². The van der Waals surface area contributed by atoms with E-state index in [4.69, 9.17) is 0 Å². The Morgan fingerprint density at radius 3 is 3.07 bits per heavy atom. The van der Waals surface area contributed by atoms with E-state index in [1.807, 2.05) is 11.7 Å². The SMILES string of the molecule is Cn1[nH]c(=O)cc1CC1CCCNC1. The molecule has 0 aliphatic carbocycles. The molecule has 0 saturated carbocycles. The largest absolute Gasteiger partial charge is 0.316 e. The number of aryl methyl sites for hydroxylation is 1. The number of rotatable bonds is 2. The van der Waals surface area contributed by atoms with Gasteiger partial charge < -0.3 is 5.32 Å². The quantitative estimate of drug-likeness (QED) is 0.711. The van der Waals surface area contributed by atoms with Crippen molar-refractivity contribution < 1.29 is 0 Å². The summed E-state index contributed by atoms with van der Waals surface area (Å²) < 4.78 is 1.83. The molecule has 78 valence electrons. The minimum Gasteiger partial charge on any atom is -0.316 e. The Morgan fingerprint density at radius 1 is 1.64 bits per heavy atom. The molecule has 2 heterocycles. The van der Waals surface area contributed by atoms with E-state index >= 15 is 0 Å². The Hall–Kier alpha value is -1.03. The van der Waals surface area contributed by atoms with E-state index < -0.39 is 0 Å². The molecule has 1 unspecified atom stereocenters. The number of H-pyrrole nitrogens is 1. The van der Waals surface area contributed by atoms with Crippen molar-refractivity contribution >= 4 is 0 Å². The topological polar surface area (TPSA) is 49.8 Å². The van der Waals surface area contributed by atoms with Gasteiger partial charge in [0.2, 0.25) is 0 Å². The van der Waals surface area contributed by atoms with Crippen LogP contribution in [0.25, 0.3) is 0 Å². The first kappa shape index (κ1) is 9.52. The van der Waals surface area contributed by atoms with Crippen LogP contribution in [0.15, 0.2) is 10.9 Å². The smallest absolute Gasteiger partial charge is 0.264 e. The summed E-state index contributed by atoms with van der Waals surface area (Å²) in [5, 5.41) is 6.12. The molecule has 1 atom stereocenters. The number of hydrogen-bond donors (Lipinski definition) is 2. The van der Waals surface area contributed by atoms with Crippen molar-refractivity contribution in [3.05, 3.63) is 22.1 Å². The number of piperidine rings is 1. The lowest BCUT2D eigenvalue weighted by molar-refractivity contribution is 0.369. The second kappa shape index (κ2) is 4.00. The average Bonchev–Trinajstić information content (AvgIpc) is 2.47. The Bertz CT molecular complexity index is 346. The molecule has 0 amide bonds. The second-order valence-electron chi connectivity index (χ2n) is 4.09. The van der Waals surface area contributed by atoms with Crippen LogP contribution in [-0.2, 0) is 13.5 Å². The van der Waals surface area contributed by atoms with E-state index in [2.05, 4.69) is 10.4 Å². The number of aromatic nitrogens is 2. The second-order valence-corrected chi connectivity index (χ2v) is 4.09. The van der Waals surface area contributed by atoms with Gasteiger partial charge in [0.1, 0.15) is 0 Å². The van der Waals surface area contributed by atoms with E-state index in [0.717, 1.165) is 25.2 Å². The molecule has 1 aromatic heterocycles. The summed E-state index contributed by atoms with van der Waals surface area (Å²) in [5.74, 6) is 0.685. The molecule has 0 radical (unpaired) electrons. The zero-order valence-electron chi connectivity index (χ0n) is 8.55. The normalized spacial score (nSPS) is 22.5. The predicted molar refractivity (Wildman–Crippen MR) is 55.3 cm³/mol. The molecule has 4 heteroatoms. The molecule has 2 N–H and O–H groups in total. The molecule has 1 aliphatic rings. The van der Waals surface area contributed by atoms with Gasteiger partial charge in [-0.3, -0.25) is 14.6 Å². The molecule has 1 aromatic rings. The molecule has 2 rings (SSSR count). The van der Waals surface area contributed by atoms with Crippen molar-refractivity contribution in [2.45, 2.75) is 19.3 Å². The minimum absolute atomic E-state index is 0.00580. The molecular formula is C10H17N3O. The average molecular weight is 195 g/mol. The van der Waals surface area contributed by atoms with Gasteiger partial charge in [-0.1, -0.05) is 0 Å². The van der Waals surface area contributed by atoms with Gasteiger partial charge in [-0.15, -0.1) is 0 Å². The first-order valence-electron chi connectivity index (χ1n) is 5.21. The zero-order valence-corrected chi connectivity index (χ0v) is 8.55. The highest BCUT2D eigenvalue weighted by atomic mass is 16.1. The summed E-state index contributed by atoms with van der Waals surface area (Å²) in [6.45, 7) is 2.22. The Balaban J connectivity index is 2.02. The van der Waals surface area contributed by atoms with E-state index in [0.29, 0.717) is 5.92 Å². The van der Waals surface area contributed by atoms with Gasteiger partial charge in [-0.05, 0) is 38.3 Å². The van der Waals surface area contributed by atoms with Crippen molar-refractivity contribution in [2.24, 2.45) is 13.0 Å². The van der Waals surface area contributed by atoms with Crippen LogP contribution < -0.4 is 10.9 Å².